The fourth-order valence-electron chi connectivity index (χ4n) is 2.07. The minimum atomic E-state index is -1.23. The molecule has 1 aliphatic rings. The maximum atomic E-state index is 14.1. The number of hydrogen-bond acceptors (Lipinski definition) is 3. The average molecular weight is 292 g/mol. The van der Waals surface area contributed by atoms with Crippen molar-refractivity contribution in [2.45, 2.75) is 12.2 Å². The standard InChI is InChI=1S/C16H17FO2.CH4O/c1-3-4-8-13(2)16(18-11-7-12-19-16)14-9-5-6-10-15(14)17;1-2/h3-6,8-10H,1-2,7,11-12H2;2H,1H3/b8-4-;. The number of aliphatic hydroxyl groups is 1. The van der Waals surface area contributed by atoms with Crippen molar-refractivity contribution >= 4 is 0 Å². The van der Waals surface area contributed by atoms with Gasteiger partial charge in [-0.05, 0) is 12.5 Å². The van der Waals surface area contributed by atoms with Crippen molar-refractivity contribution < 1.29 is 19.0 Å². The molecule has 0 spiro atoms. The molecule has 2 rings (SSSR count). The fourth-order valence-corrected chi connectivity index (χ4v) is 2.07. The first-order chi connectivity index (χ1) is 10.2. The first kappa shape index (κ1) is 17.3. The summed E-state index contributed by atoms with van der Waals surface area (Å²) < 4.78 is 25.5. The SMILES string of the molecule is C=C/C=C\C(=C)C1(c2ccccc2F)OCCCO1.CO. The quantitative estimate of drug-likeness (QED) is 0.865. The van der Waals surface area contributed by atoms with Gasteiger partial charge in [-0.1, -0.05) is 49.6 Å². The van der Waals surface area contributed by atoms with Crippen molar-refractivity contribution in [3.8, 4) is 0 Å². The highest BCUT2D eigenvalue weighted by Crippen LogP contribution is 2.38. The summed E-state index contributed by atoms with van der Waals surface area (Å²) in [5.74, 6) is -1.60. The van der Waals surface area contributed by atoms with E-state index < -0.39 is 5.79 Å². The Morgan fingerprint density at radius 2 is 1.90 bits per heavy atom. The van der Waals surface area contributed by atoms with Crippen LogP contribution in [0, 0.1) is 5.82 Å². The summed E-state index contributed by atoms with van der Waals surface area (Å²) in [7, 11) is 1.00. The van der Waals surface area contributed by atoms with Crippen LogP contribution in [-0.4, -0.2) is 25.4 Å². The van der Waals surface area contributed by atoms with Gasteiger partial charge < -0.3 is 14.6 Å². The maximum absolute atomic E-state index is 14.1. The van der Waals surface area contributed by atoms with Gasteiger partial charge in [0.05, 0.1) is 18.8 Å². The van der Waals surface area contributed by atoms with E-state index in [1.165, 1.54) is 6.07 Å². The predicted octanol–water partition coefficient (Wildman–Crippen LogP) is 3.32. The summed E-state index contributed by atoms with van der Waals surface area (Å²) in [5.41, 5.74) is 0.908. The number of benzene rings is 1. The molecule has 4 heteroatoms. The van der Waals surface area contributed by atoms with E-state index in [0.29, 0.717) is 24.4 Å². The van der Waals surface area contributed by atoms with Crippen LogP contribution in [0.1, 0.15) is 12.0 Å². The molecule has 1 heterocycles. The highest BCUT2D eigenvalue weighted by molar-refractivity contribution is 5.36. The second kappa shape index (κ2) is 8.52. The lowest BCUT2D eigenvalue weighted by Gasteiger charge is -2.38. The minimum Gasteiger partial charge on any atom is -0.400 e. The van der Waals surface area contributed by atoms with Gasteiger partial charge in [-0.25, -0.2) is 4.39 Å². The molecule has 0 aromatic heterocycles. The maximum Gasteiger partial charge on any atom is 0.224 e. The molecule has 0 radical (unpaired) electrons. The summed E-state index contributed by atoms with van der Waals surface area (Å²) in [6.45, 7) is 8.58. The molecular formula is C17H21FO3. The molecule has 1 aliphatic heterocycles. The Labute approximate surface area is 125 Å². The van der Waals surface area contributed by atoms with Gasteiger partial charge in [0.1, 0.15) is 5.82 Å². The Bertz CT molecular complexity index is 503. The van der Waals surface area contributed by atoms with Crippen LogP contribution in [0.25, 0.3) is 0 Å². The number of aliphatic hydroxyl groups excluding tert-OH is 1. The Morgan fingerprint density at radius 1 is 1.29 bits per heavy atom. The van der Waals surface area contributed by atoms with Crippen LogP contribution in [0.5, 0.6) is 0 Å². The van der Waals surface area contributed by atoms with Gasteiger partial charge in [-0.3, -0.25) is 0 Å². The van der Waals surface area contributed by atoms with Crippen molar-refractivity contribution in [3.63, 3.8) is 0 Å². The molecule has 3 nitrogen and oxygen atoms in total. The van der Waals surface area contributed by atoms with E-state index in [9.17, 15) is 4.39 Å². The van der Waals surface area contributed by atoms with Crippen molar-refractivity contribution in [2.75, 3.05) is 20.3 Å². The second-order valence-corrected chi connectivity index (χ2v) is 4.27. The molecule has 0 amide bonds. The third kappa shape index (κ3) is 3.88. The van der Waals surface area contributed by atoms with Crippen LogP contribution in [0.3, 0.4) is 0 Å². The van der Waals surface area contributed by atoms with E-state index in [0.717, 1.165) is 13.5 Å². The molecule has 21 heavy (non-hydrogen) atoms. The van der Waals surface area contributed by atoms with Gasteiger partial charge in [-0.2, -0.15) is 0 Å². The van der Waals surface area contributed by atoms with Crippen LogP contribution in [0.2, 0.25) is 0 Å². The number of allylic oxidation sites excluding steroid dienone is 2. The van der Waals surface area contributed by atoms with E-state index in [4.69, 9.17) is 14.6 Å². The van der Waals surface area contributed by atoms with Crippen LogP contribution in [0.15, 0.2) is 61.2 Å². The molecule has 114 valence electrons. The van der Waals surface area contributed by atoms with Gasteiger partial charge in [0.25, 0.3) is 0 Å². The second-order valence-electron chi connectivity index (χ2n) is 4.27. The zero-order valence-corrected chi connectivity index (χ0v) is 12.2. The zero-order chi connectivity index (χ0) is 15.7. The van der Waals surface area contributed by atoms with Crippen molar-refractivity contribution in [1.82, 2.24) is 0 Å². The lowest BCUT2D eigenvalue weighted by molar-refractivity contribution is -0.251. The summed E-state index contributed by atoms with van der Waals surface area (Å²) in [6, 6.07) is 6.44. The summed E-state index contributed by atoms with van der Waals surface area (Å²) >= 11 is 0. The summed E-state index contributed by atoms with van der Waals surface area (Å²) in [5, 5.41) is 7.00. The average Bonchev–Trinajstić information content (AvgIpc) is 2.55. The molecule has 1 N–H and O–H groups in total. The molecule has 0 unspecified atom stereocenters. The summed E-state index contributed by atoms with van der Waals surface area (Å²) in [6.07, 6.45) is 5.87. The lowest BCUT2D eigenvalue weighted by Crippen LogP contribution is -2.39. The Morgan fingerprint density at radius 3 is 2.48 bits per heavy atom. The largest absolute Gasteiger partial charge is 0.400 e. The van der Waals surface area contributed by atoms with E-state index in [-0.39, 0.29) is 5.82 Å². The molecule has 0 aliphatic carbocycles. The topological polar surface area (TPSA) is 38.7 Å². The summed E-state index contributed by atoms with van der Waals surface area (Å²) in [4.78, 5) is 0. The molecule has 0 bridgehead atoms. The van der Waals surface area contributed by atoms with Gasteiger partial charge in [0.2, 0.25) is 5.79 Å². The molecule has 1 aromatic rings. The van der Waals surface area contributed by atoms with Crippen LogP contribution in [-0.2, 0) is 15.3 Å². The van der Waals surface area contributed by atoms with Gasteiger partial charge in [0.15, 0.2) is 0 Å². The number of halogens is 1. The molecule has 1 aromatic carbocycles. The van der Waals surface area contributed by atoms with E-state index in [1.54, 1.807) is 36.4 Å². The van der Waals surface area contributed by atoms with E-state index >= 15 is 0 Å². The highest BCUT2D eigenvalue weighted by atomic mass is 19.1. The van der Waals surface area contributed by atoms with Crippen molar-refractivity contribution in [1.29, 1.82) is 0 Å². The number of hydrogen-bond donors (Lipinski definition) is 1. The third-order valence-electron chi connectivity index (χ3n) is 2.98. The van der Waals surface area contributed by atoms with Gasteiger partial charge in [0, 0.05) is 12.7 Å². The van der Waals surface area contributed by atoms with Gasteiger partial charge in [-0.15, -0.1) is 0 Å². The van der Waals surface area contributed by atoms with E-state index in [2.05, 4.69) is 13.2 Å². The van der Waals surface area contributed by atoms with E-state index in [1.807, 2.05) is 0 Å². The van der Waals surface area contributed by atoms with Crippen LogP contribution < -0.4 is 0 Å². The number of ether oxygens (including phenoxy) is 2. The fraction of sp³-hybridized carbons (Fsp3) is 0.294. The normalized spacial score (nSPS) is 16.9. The molecule has 1 saturated heterocycles. The first-order valence-electron chi connectivity index (χ1n) is 6.67. The molecular weight excluding hydrogens is 271 g/mol. The third-order valence-corrected chi connectivity index (χ3v) is 2.98. The number of rotatable bonds is 4. The molecule has 1 fully saturated rings. The highest BCUT2D eigenvalue weighted by Gasteiger charge is 2.40. The Kier molecular flexibility index (Phi) is 7.02. The Hall–Kier alpha value is -1.75. The monoisotopic (exact) mass is 292 g/mol. The minimum absolute atomic E-state index is 0.355. The zero-order valence-electron chi connectivity index (χ0n) is 12.2. The van der Waals surface area contributed by atoms with Crippen molar-refractivity contribution in [3.05, 3.63) is 72.6 Å². The Balaban J connectivity index is 0.00000106. The van der Waals surface area contributed by atoms with Gasteiger partial charge >= 0.3 is 0 Å². The predicted molar refractivity (Wildman–Crippen MR) is 81.2 cm³/mol. The first-order valence-corrected chi connectivity index (χ1v) is 6.67. The van der Waals surface area contributed by atoms with Crippen LogP contribution in [0.4, 0.5) is 4.39 Å². The molecule has 0 saturated carbocycles. The van der Waals surface area contributed by atoms with Crippen molar-refractivity contribution in [2.24, 2.45) is 0 Å². The van der Waals surface area contributed by atoms with Crippen LogP contribution >= 0.6 is 0 Å². The lowest BCUT2D eigenvalue weighted by atomic mass is 9.96. The smallest absolute Gasteiger partial charge is 0.224 e. The molecule has 0 atom stereocenters.